The number of aryl methyl sites for hydroxylation is 2. The first-order valence-corrected chi connectivity index (χ1v) is 6.22. The van der Waals surface area contributed by atoms with E-state index in [1.54, 1.807) is 0 Å². The standard InChI is InChI=1S/C6H8Cl2N2O2S/c1-3-4-5(7)6(10(2)9-4)13(8,11)12/h3H2,1-2H3. The zero-order valence-corrected chi connectivity index (χ0v) is 9.41. The lowest BCUT2D eigenvalue weighted by molar-refractivity contribution is 0.590. The molecule has 0 atom stereocenters. The van der Waals surface area contributed by atoms with Gasteiger partial charge in [0, 0.05) is 17.7 Å². The second-order valence-corrected chi connectivity index (χ2v) is 5.34. The van der Waals surface area contributed by atoms with Crippen LogP contribution in [0.3, 0.4) is 0 Å². The van der Waals surface area contributed by atoms with Crippen LogP contribution in [0.25, 0.3) is 0 Å². The highest BCUT2D eigenvalue weighted by molar-refractivity contribution is 8.13. The number of aromatic nitrogens is 2. The highest BCUT2D eigenvalue weighted by Gasteiger charge is 2.23. The van der Waals surface area contributed by atoms with Gasteiger partial charge >= 0.3 is 0 Å². The van der Waals surface area contributed by atoms with Gasteiger partial charge in [-0.2, -0.15) is 5.10 Å². The normalized spacial score (nSPS) is 12.0. The van der Waals surface area contributed by atoms with E-state index in [0.717, 1.165) is 0 Å². The first-order chi connectivity index (χ1) is 5.88. The summed E-state index contributed by atoms with van der Waals surface area (Å²) >= 11 is 5.77. The molecule has 4 nitrogen and oxygen atoms in total. The Morgan fingerprint density at radius 1 is 1.54 bits per heavy atom. The number of hydrogen-bond donors (Lipinski definition) is 0. The number of halogens is 2. The molecular formula is C6H8Cl2N2O2S. The molecule has 0 saturated carbocycles. The van der Waals surface area contributed by atoms with E-state index in [0.29, 0.717) is 12.1 Å². The quantitative estimate of drug-likeness (QED) is 0.740. The zero-order chi connectivity index (χ0) is 10.2. The lowest BCUT2D eigenvalue weighted by Crippen LogP contribution is -2.01. The van der Waals surface area contributed by atoms with Crippen molar-refractivity contribution >= 4 is 31.3 Å². The Morgan fingerprint density at radius 2 is 2.08 bits per heavy atom. The molecule has 74 valence electrons. The smallest absolute Gasteiger partial charge is 0.255 e. The van der Waals surface area contributed by atoms with Gasteiger partial charge in [-0.25, -0.2) is 8.42 Å². The Labute approximate surface area is 85.9 Å². The molecule has 1 aromatic rings. The maximum atomic E-state index is 11.0. The minimum absolute atomic E-state index is 0.111. The Kier molecular flexibility index (Phi) is 2.89. The Bertz CT molecular complexity index is 424. The predicted molar refractivity (Wildman–Crippen MR) is 50.6 cm³/mol. The fourth-order valence-electron chi connectivity index (χ4n) is 1.03. The molecule has 0 aliphatic heterocycles. The van der Waals surface area contributed by atoms with Crippen LogP contribution in [0.15, 0.2) is 5.03 Å². The third-order valence-electron chi connectivity index (χ3n) is 1.57. The number of hydrogen-bond acceptors (Lipinski definition) is 3. The maximum Gasteiger partial charge on any atom is 0.279 e. The summed E-state index contributed by atoms with van der Waals surface area (Å²) in [6.07, 6.45) is 0.569. The van der Waals surface area contributed by atoms with Crippen LogP contribution in [0.4, 0.5) is 0 Å². The molecule has 1 heterocycles. The van der Waals surface area contributed by atoms with Crippen LogP contribution in [0.2, 0.25) is 5.02 Å². The van der Waals surface area contributed by atoms with Crippen LogP contribution in [0.1, 0.15) is 12.6 Å². The van der Waals surface area contributed by atoms with Crippen molar-refractivity contribution in [2.24, 2.45) is 7.05 Å². The Hall–Kier alpha value is -0.260. The van der Waals surface area contributed by atoms with Gasteiger partial charge in [0.2, 0.25) is 0 Å². The van der Waals surface area contributed by atoms with Crippen molar-refractivity contribution in [3.05, 3.63) is 10.7 Å². The fraction of sp³-hybridized carbons (Fsp3) is 0.500. The molecule has 13 heavy (non-hydrogen) atoms. The van der Waals surface area contributed by atoms with E-state index in [4.69, 9.17) is 22.3 Å². The summed E-state index contributed by atoms with van der Waals surface area (Å²) in [5.74, 6) is 0. The molecule has 0 N–H and O–H groups in total. The van der Waals surface area contributed by atoms with Crippen molar-refractivity contribution < 1.29 is 8.42 Å². The fourth-order valence-corrected chi connectivity index (χ4v) is 2.96. The van der Waals surface area contributed by atoms with Gasteiger partial charge in [0.05, 0.1) is 5.69 Å². The molecule has 0 amide bonds. The van der Waals surface area contributed by atoms with Crippen molar-refractivity contribution in [3.8, 4) is 0 Å². The van der Waals surface area contributed by atoms with Crippen LogP contribution >= 0.6 is 22.3 Å². The number of rotatable bonds is 2. The van der Waals surface area contributed by atoms with Gasteiger partial charge in [0.15, 0.2) is 5.03 Å². The molecule has 0 spiro atoms. The summed E-state index contributed by atoms with van der Waals surface area (Å²) in [4.78, 5) is 0. The molecule has 0 radical (unpaired) electrons. The van der Waals surface area contributed by atoms with E-state index < -0.39 is 9.05 Å². The van der Waals surface area contributed by atoms with Crippen LogP contribution < -0.4 is 0 Å². The molecule has 0 aliphatic carbocycles. The van der Waals surface area contributed by atoms with E-state index in [9.17, 15) is 8.42 Å². The number of nitrogens with zero attached hydrogens (tertiary/aromatic N) is 2. The molecule has 1 rings (SSSR count). The van der Waals surface area contributed by atoms with E-state index in [1.165, 1.54) is 11.7 Å². The highest BCUT2D eigenvalue weighted by Crippen LogP contribution is 2.27. The molecular weight excluding hydrogens is 235 g/mol. The van der Waals surface area contributed by atoms with E-state index >= 15 is 0 Å². The minimum Gasteiger partial charge on any atom is -0.255 e. The average Bonchev–Trinajstić information content (AvgIpc) is 2.24. The molecule has 7 heteroatoms. The summed E-state index contributed by atoms with van der Waals surface area (Å²) in [5, 5.41) is 3.88. The first-order valence-electron chi connectivity index (χ1n) is 3.54. The third kappa shape index (κ3) is 1.98. The van der Waals surface area contributed by atoms with Crippen LogP contribution in [-0.2, 0) is 22.5 Å². The largest absolute Gasteiger partial charge is 0.279 e. The van der Waals surface area contributed by atoms with Gasteiger partial charge in [-0.05, 0) is 6.42 Å². The molecule has 0 fully saturated rings. The summed E-state index contributed by atoms with van der Waals surface area (Å²) in [6, 6.07) is 0. The van der Waals surface area contributed by atoms with E-state index in [-0.39, 0.29) is 10.0 Å². The summed E-state index contributed by atoms with van der Waals surface area (Å²) in [5.41, 5.74) is 0.531. The van der Waals surface area contributed by atoms with Crippen LogP contribution in [-0.4, -0.2) is 18.2 Å². The maximum absolute atomic E-state index is 11.0. The SMILES string of the molecule is CCc1nn(C)c(S(=O)(=O)Cl)c1Cl. The lowest BCUT2D eigenvalue weighted by Gasteiger charge is -1.95. The van der Waals surface area contributed by atoms with Gasteiger partial charge in [0.1, 0.15) is 5.02 Å². The van der Waals surface area contributed by atoms with Crippen LogP contribution in [0.5, 0.6) is 0 Å². The zero-order valence-electron chi connectivity index (χ0n) is 7.08. The van der Waals surface area contributed by atoms with Crippen molar-refractivity contribution in [2.75, 3.05) is 0 Å². The highest BCUT2D eigenvalue weighted by atomic mass is 35.7. The lowest BCUT2D eigenvalue weighted by atomic mass is 10.3. The summed E-state index contributed by atoms with van der Waals surface area (Å²) in [6.45, 7) is 1.83. The van der Waals surface area contributed by atoms with Crippen molar-refractivity contribution in [1.82, 2.24) is 9.78 Å². The monoisotopic (exact) mass is 242 g/mol. The van der Waals surface area contributed by atoms with Crippen molar-refractivity contribution in [2.45, 2.75) is 18.4 Å². The summed E-state index contributed by atoms with van der Waals surface area (Å²) in [7, 11) is 2.84. The second kappa shape index (κ2) is 3.48. The van der Waals surface area contributed by atoms with Gasteiger partial charge in [0.25, 0.3) is 9.05 Å². The Balaban J connectivity index is 3.47. The molecule has 0 saturated heterocycles. The topological polar surface area (TPSA) is 52.0 Å². The molecule has 0 aliphatic rings. The minimum atomic E-state index is -3.81. The molecule has 1 aromatic heterocycles. The van der Waals surface area contributed by atoms with Gasteiger partial charge in [-0.15, -0.1) is 0 Å². The molecule has 0 bridgehead atoms. The van der Waals surface area contributed by atoms with Gasteiger partial charge in [-0.1, -0.05) is 18.5 Å². The van der Waals surface area contributed by atoms with Gasteiger partial charge in [-0.3, -0.25) is 4.68 Å². The molecule has 0 aromatic carbocycles. The third-order valence-corrected chi connectivity index (χ3v) is 3.45. The second-order valence-electron chi connectivity index (χ2n) is 2.48. The molecule has 0 unspecified atom stereocenters. The average molecular weight is 243 g/mol. The van der Waals surface area contributed by atoms with Crippen molar-refractivity contribution in [3.63, 3.8) is 0 Å². The van der Waals surface area contributed by atoms with E-state index in [1.807, 2.05) is 6.92 Å². The summed E-state index contributed by atoms with van der Waals surface area (Å²) < 4.78 is 23.2. The first kappa shape index (κ1) is 10.8. The van der Waals surface area contributed by atoms with Gasteiger partial charge < -0.3 is 0 Å². The van der Waals surface area contributed by atoms with Crippen molar-refractivity contribution in [1.29, 1.82) is 0 Å². The van der Waals surface area contributed by atoms with E-state index in [2.05, 4.69) is 5.10 Å². The Morgan fingerprint density at radius 3 is 2.31 bits per heavy atom. The predicted octanol–water partition coefficient (Wildman–Crippen LogP) is 1.56. The van der Waals surface area contributed by atoms with Crippen LogP contribution in [0, 0.1) is 0 Å².